The molecule has 3 heteroatoms. The van der Waals surface area contributed by atoms with Crippen molar-refractivity contribution >= 4 is 17.5 Å². The van der Waals surface area contributed by atoms with Crippen molar-refractivity contribution in [2.24, 2.45) is 5.92 Å². The molecule has 0 aliphatic heterocycles. The van der Waals surface area contributed by atoms with Crippen LogP contribution in [0.15, 0.2) is 30.3 Å². The van der Waals surface area contributed by atoms with E-state index in [0.29, 0.717) is 11.8 Å². The lowest BCUT2D eigenvalue weighted by molar-refractivity contribution is -0.124. The van der Waals surface area contributed by atoms with Gasteiger partial charge in [-0.15, -0.1) is 11.6 Å². The van der Waals surface area contributed by atoms with Crippen LogP contribution in [-0.2, 0) is 4.79 Å². The first-order valence-electron chi connectivity index (χ1n) is 7.02. The van der Waals surface area contributed by atoms with Crippen LogP contribution in [-0.4, -0.2) is 17.3 Å². The van der Waals surface area contributed by atoms with Gasteiger partial charge in [0.25, 0.3) is 0 Å². The molecule has 0 saturated heterocycles. The molecule has 1 aliphatic carbocycles. The third-order valence-electron chi connectivity index (χ3n) is 4.21. The van der Waals surface area contributed by atoms with Crippen molar-refractivity contribution in [1.82, 2.24) is 5.32 Å². The second kappa shape index (κ2) is 5.96. The maximum absolute atomic E-state index is 12.3. The molecule has 1 aromatic carbocycles. The average Bonchev–Trinajstić information content (AvgIpc) is 3.20. The van der Waals surface area contributed by atoms with E-state index in [1.807, 2.05) is 18.2 Å². The normalized spacial score (nSPS) is 24.6. The number of halogens is 1. The molecule has 0 bridgehead atoms. The van der Waals surface area contributed by atoms with Crippen molar-refractivity contribution in [2.45, 2.75) is 44.6 Å². The third kappa shape index (κ3) is 3.50. The number of benzene rings is 1. The fourth-order valence-corrected chi connectivity index (χ4v) is 2.90. The second-order valence-electron chi connectivity index (χ2n) is 5.70. The van der Waals surface area contributed by atoms with Gasteiger partial charge in [-0.1, -0.05) is 37.3 Å². The molecule has 0 spiro atoms. The Balaban J connectivity index is 1.93. The van der Waals surface area contributed by atoms with Crippen LogP contribution in [0.5, 0.6) is 0 Å². The monoisotopic (exact) mass is 279 g/mol. The van der Waals surface area contributed by atoms with E-state index in [4.69, 9.17) is 11.6 Å². The van der Waals surface area contributed by atoms with E-state index in [-0.39, 0.29) is 17.4 Å². The van der Waals surface area contributed by atoms with Crippen molar-refractivity contribution in [3.05, 3.63) is 35.9 Å². The lowest BCUT2D eigenvalue weighted by atomic mass is 9.95. The number of rotatable bonds is 6. The first kappa shape index (κ1) is 14.4. The highest BCUT2D eigenvalue weighted by Gasteiger charge is 2.45. The van der Waals surface area contributed by atoms with Gasteiger partial charge in [0, 0.05) is 17.3 Å². The molecule has 1 aromatic rings. The van der Waals surface area contributed by atoms with E-state index in [0.717, 1.165) is 19.3 Å². The van der Waals surface area contributed by atoms with Crippen molar-refractivity contribution in [3.63, 3.8) is 0 Å². The Morgan fingerprint density at radius 2 is 2.11 bits per heavy atom. The Hall–Kier alpha value is -1.02. The summed E-state index contributed by atoms with van der Waals surface area (Å²) < 4.78 is 0. The SMILES string of the molecule is CCC(C)(CCCl)NC(=O)C1CC1c1ccccc1. The standard InChI is InChI=1S/C16H22ClNO/c1-3-16(2,9-10-17)18-15(19)14-11-13(14)12-7-5-4-6-8-12/h4-8,13-14H,3,9-11H2,1-2H3,(H,18,19). The molecule has 3 atom stereocenters. The Bertz CT molecular complexity index is 434. The molecule has 2 rings (SSSR count). The predicted octanol–water partition coefficient (Wildman–Crippen LogP) is 3.70. The number of amides is 1. The Kier molecular flexibility index (Phi) is 4.51. The molecule has 1 N–H and O–H groups in total. The summed E-state index contributed by atoms with van der Waals surface area (Å²) in [5.41, 5.74) is 1.11. The minimum absolute atomic E-state index is 0.142. The Morgan fingerprint density at radius 3 is 2.68 bits per heavy atom. The van der Waals surface area contributed by atoms with E-state index >= 15 is 0 Å². The average molecular weight is 280 g/mol. The minimum atomic E-state index is -0.164. The molecule has 0 heterocycles. The van der Waals surface area contributed by atoms with Crippen LogP contribution < -0.4 is 5.32 Å². The number of nitrogens with one attached hydrogen (secondary N) is 1. The molecule has 1 amide bonds. The van der Waals surface area contributed by atoms with E-state index in [1.54, 1.807) is 0 Å². The quantitative estimate of drug-likeness (QED) is 0.791. The zero-order valence-electron chi connectivity index (χ0n) is 11.7. The summed E-state index contributed by atoms with van der Waals surface area (Å²) in [7, 11) is 0. The highest BCUT2D eigenvalue weighted by Crippen LogP contribution is 2.47. The van der Waals surface area contributed by atoms with Crippen LogP contribution in [0.3, 0.4) is 0 Å². The molecule has 2 nitrogen and oxygen atoms in total. The number of carbonyl (C=O) groups is 1. The van der Waals surface area contributed by atoms with Crippen LogP contribution in [0.2, 0.25) is 0 Å². The smallest absolute Gasteiger partial charge is 0.224 e. The van der Waals surface area contributed by atoms with Gasteiger partial charge in [-0.2, -0.15) is 0 Å². The fraction of sp³-hybridized carbons (Fsp3) is 0.562. The number of hydrogen-bond donors (Lipinski definition) is 1. The zero-order chi connectivity index (χ0) is 13.9. The summed E-state index contributed by atoms with van der Waals surface area (Å²) in [5, 5.41) is 3.18. The van der Waals surface area contributed by atoms with Crippen LogP contribution in [0.4, 0.5) is 0 Å². The van der Waals surface area contributed by atoms with E-state index < -0.39 is 0 Å². The lowest BCUT2D eigenvalue weighted by Gasteiger charge is -2.29. The van der Waals surface area contributed by atoms with Crippen molar-refractivity contribution < 1.29 is 4.79 Å². The predicted molar refractivity (Wildman–Crippen MR) is 79.5 cm³/mol. The fourth-order valence-electron chi connectivity index (χ4n) is 2.48. The van der Waals surface area contributed by atoms with Crippen LogP contribution in [0.1, 0.15) is 44.6 Å². The minimum Gasteiger partial charge on any atom is -0.351 e. The van der Waals surface area contributed by atoms with Gasteiger partial charge in [-0.05, 0) is 37.7 Å². The topological polar surface area (TPSA) is 29.1 Å². The van der Waals surface area contributed by atoms with Crippen molar-refractivity contribution in [3.8, 4) is 0 Å². The largest absolute Gasteiger partial charge is 0.351 e. The Morgan fingerprint density at radius 1 is 1.42 bits per heavy atom. The molecule has 0 aromatic heterocycles. The summed E-state index contributed by atoms with van der Waals surface area (Å²) >= 11 is 5.82. The first-order valence-corrected chi connectivity index (χ1v) is 7.56. The van der Waals surface area contributed by atoms with Gasteiger partial charge < -0.3 is 5.32 Å². The van der Waals surface area contributed by atoms with Crippen molar-refractivity contribution in [1.29, 1.82) is 0 Å². The van der Waals surface area contributed by atoms with Crippen molar-refractivity contribution in [2.75, 3.05) is 5.88 Å². The van der Waals surface area contributed by atoms with Gasteiger partial charge in [-0.3, -0.25) is 4.79 Å². The summed E-state index contributed by atoms with van der Waals surface area (Å²) in [6, 6.07) is 10.3. The first-order chi connectivity index (χ1) is 9.09. The van der Waals surface area contributed by atoms with Gasteiger partial charge in [0.15, 0.2) is 0 Å². The van der Waals surface area contributed by atoms with Gasteiger partial charge >= 0.3 is 0 Å². The van der Waals surface area contributed by atoms with E-state index in [1.165, 1.54) is 5.56 Å². The number of alkyl halides is 1. The number of hydrogen-bond acceptors (Lipinski definition) is 1. The van der Waals surface area contributed by atoms with E-state index in [9.17, 15) is 4.79 Å². The highest BCUT2D eigenvalue weighted by atomic mass is 35.5. The van der Waals surface area contributed by atoms with Crippen LogP contribution in [0.25, 0.3) is 0 Å². The lowest BCUT2D eigenvalue weighted by Crippen LogP contribution is -2.46. The highest BCUT2D eigenvalue weighted by molar-refractivity contribution is 6.17. The molecule has 104 valence electrons. The zero-order valence-corrected chi connectivity index (χ0v) is 12.4. The van der Waals surface area contributed by atoms with Crippen LogP contribution >= 0.6 is 11.6 Å². The molecule has 1 aliphatic rings. The van der Waals surface area contributed by atoms with Crippen LogP contribution in [0, 0.1) is 5.92 Å². The molecule has 19 heavy (non-hydrogen) atoms. The van der Waals surface area contributed by atoms with E-state index in [2.05, 4.69) is 31.3 Å². The van der Waals surface area contributed by atoms with Gasteiger partial charge in [0.05, 0.1) is 0 Å². The number of carbonyl (C=O) groups excluding carboxylic acids is 1. The third-order valence-corrected chi connectivity index (χ3v) is 4.40. The molecule has 1 saturated carbocycles. The van der Waals surface area contributed by atoms with Gasteiger partial charge in [0.2, 0.25) is 5.91 Å². The summed E-state index contributed by atoms with van der Waals surface area (Å²) in [5.74, 6) is 1.31. The summed E-state index contributed by atoms with van der Waals surface area (Å²) in [6.07, 6.45) is 2.70. The molecule has 3 unspecified atom stereocenters. The maximum atomic E-state index is 12.3. The molecule has 1 fully saturated rings. The van der Waals surface area contributed by atoms with Gasteiger partial charge in [0.1, 0.15) is 0 Å². The maximum Gasteiger partial charge on any atom is 0.224 e. The molecular formula is C16H22ClNO. The molecule has 0 radical (unpaired) electrons. The molecular weight excluding hydrogens is 258 g/mol. The summed E-state index contributed by atoms with van der Waals surface area (Å²) in [6.45, 7) is 4.17. The van der Waals surface area contributed by atoms with Gasteiger partial charge in [-0.25, -0.2) is 0 Å². The second-order valence-corrected chi connectivity index (χ2v) is 6.08. The summed E-state index contributed by atoms with van der Waals surface area (Å²) in [4.78, 5) is 12.3. The Labute approximate surface area is 120 Å².